The van der Waals surface area contributed by atoms with E-state index in [-0.39, 0.29) is 18.1 Å². The van der Waals surface area contributed by atoms with Crippen molar-refractivity contribution in [1.82, 2.24) is 9.97 Å². The molecule has 2 aromatic rings. The standard InChI is InChI=1S/C28H37ClN4O3/c1-6-7-19(34)13-36-21-8-9-23(29)22(10-21)26-31-25(24(16(2)3)18(5)30)17(4)27(32-26)33-14-28(15-33)11-20(35)12-28/h8-10,19-20,30,34-35H,6-7,11-15H2,1-5H3/t19-/m1/s1. The number of aliphatic hydroxyl groups is 2. The molecular weight excluding hydrogens is 476 g/mol. The lowest BCUT2D eigenvalue weighted by molar-refractivity contribution is -0.0494. The number of benzene rings is 1. The van der Waals surface area contributed by atoms with Crippen molar-refractivity contribution in [1.29, 1.82) is 5.41 Å². The maximum Gasteiger partial charge on any atom is 0.163 e. The van der Waals surface area contributed by atoms with Crippen LogP contribution in [-0.2, 0) is 0 Å². The van der Waals surface area contributed by atoms with Crippen LogP contribution in [0.5, 0.6) is 5.75 Å². The minimum Gasteiger partial charge on any atom is -0.491 e. The molecule has 3 N–H and O–H groups in total. The van der Waals surface area contributed by atoms with Crippen molar-refractivity contribution >= 4 is 28.7 Å². The van der Waals surface area contributed by atoms with Crippen molar-refractivity contribution in [3.63, 3.8) is 0 Å². The van der Waals surface area contributed by atoms with Crippen LogP contribution < -0.4 is 9.64 Å². The fraction of sp³-hybridized carbons (Fsp3) is 0.536. The Labute approximate surface area is 218 Å². The Morgan fingerprint density at radius 2 is 1.94 bits per heavy atom. The van der Waals surface area contributed by atoms with Crippen LogP contribution >= 0.6 is 11.6 Å². The Morgan fingerprint density at radius 1 is 1.25 bits per heavy atom. The first-order valence-corrected chi connectivity index (χ1v) is 13.1. The SMILES string of the molecule is CCC[C@@H](O)COc1ccc(Cl)c(-c2nc(C(C(C)=N)=C(C)C)c(C)c(N3CC4(CC(O)C4)C3)n2)c1. The van der Waals surface area contributed by atoms with Crippen LogP contribution in [0.1, 0.15) is 64.6 Å². The molecule has 7 nitrogen and oxygen atoms in total. The van der Waals surface area contributed by atoms with Gasteiger partial charge in [-0.25, -0.2) is 9.97 Å². The van der Waals surface area contributed by atoms with Crippen molar-refractivity contribution in [3.8, 4) is 17.1 Å². The van der Waals surface area contributed by atoms with Crippen LogP contribution in [0.2, 0.25) is 5.02 Å². The molecule has 1 aromatic carbocycles. The molecule has 1 atom stereocenters. The highest BCUT2D eigenvalue weighted by atomic mass is 35.5. The number of hydrogen-bond donors (Lipinski definition) is 3. The summed E-state index contributed by atoms with van der Waals surface area (Å²) in [5.74, 6) is 1.90. The molecule has 2 heterocycles. The second-order valence-electron chi connectivity index (χ2n) is 10.7. The maximum absolute atomic E-state index is 10.1. The fourth-order valence-electron chi connectivity index (χ4n) is 5.45. The van der Waals surface area contributed by atoms with E-state index in [0.717, 1.165) is 60.6 Å². The summed E-state index contributed by atoms with van der Waals surface area (Å²) in [5, 5.41) is 28.8. The van der Waals surface area contributed by atoms with Crippen molar-refractivity contribution < 1.29 is 14.9 Å². The number of nitrogens with zero attached hydrogens (tertiary/aromatic N) is 3. The second kappa shape index (κ2) is 10.5. The normalized spacial score (nSPS) is 17.4. The van der Waals surface area contributed by atoms with Crippen LogP contribution in [0.4, 0.5) is 5.82 Å². The van der Waals surface area contributed by atoms with E-state index in [0.29, 0.717) is 34.3 Å². The molecule has 0 amide bonds. The third-order valence-corrected chi connectivity index (χ3v) is 7.49. The van der Waals surface area contributed by atoms with Gasteiger partial charge in [0.15, 0.2) is 5.82 Å². The number of hydrogen-bond acceptors (Lipinski definition) is 7. The Kier molecular flexibility index (Phi) is 7.74. The summed E-state index contributed by atoms with van der Waals surface area (Å²) < 4.78 is 5.84. The van der Waals surface area contributed by atoms with Gasteiger partial charge in [-0.05, 0) is 65.2 Å². The van der Waals surface area contributed by atoms with Gasteiger partial charge in [0.25, 0.3) is 0 Å². The molecule has 0 radical (unpaired) electrons. The molecule has 1 aromatic heterocycles. The van der Waals surface area contributed by atoms with E-state index in [1.807, 2.05) is 33.8 Å². The maximum atomic E-state index is 10.1. The van der Waals surface area contributed by atoms with Gasteiger partial charge in [-0.1, -0.05) is 30.5 Å². The summed E-state index contributed by atoms with van der Waals surface area (Å²) in [6.07, 6.45) is 2.51. The summed E-state index contributed by atoms with van der Waals surface area (Å²) >= 11 is 6.63. The lowest BCUT2D eigenvalue weighted by atomic mass is 9.62. The summed E-state index contributed by atoms with van der Waals surface area (Å²) in [7, 11) is 0. The van der Waals surface area contributed by atoms with Crippen LogP contribution in [0, 0.1) is 17.7 Å². The van der Waals surface area contributed by atoms with Crippen LogP contribution in [0.3, 0.4) is 0 Å². The quantitative estimate of drug-likeness (QED) is 0.387. The van der Waals surface area contributed by atoms with Gasteiger partial charge in [-0.3, -0.25) is 0 Å². The van der Waals surface area contributed by atoms with E-state index < -0.39 is 6.10 Å². The van der Waals surface area contributed by atoms with Crippen LogP contribution in [0.25, 0.3) is 17.0 Å². The number of nitrogens with one attached hydrogen (secondary N) is 1. The average Bonchev–Trinajstić information content (AvgIpc) is 2.76. The van der Waals surface area contributed by atoms with E-state index in [9.17, 15) is 10.2 Å². The highest BCUT2D eigenvalue weighted by molar-refractivity contribution is 6.33. The third kappa shape index (κ3) is 5.29. The van der Waals surface area contributed by atoms with Crippen molar-refractivity contribution in [2.24, 2.45) is 5.41 Å². The van der Waals surface area contributed by atoms with E-state index in [1.165, 1.54) is 0 Å². The molecule has 4 rings (SSSR count). The largest absolute Gasteiger partial charge is 0.491 e. The zero-order valence-electron chi connectivity index (χ0n) is 21.9. The minimum absolute atomic E-state index is 0.179. The molecule has 2 aliphatic rings. The van der Waals surface area contributed by atoms with E-state index in [1.54, 1.807) is 19.1 Å². The number of anilines is 1. The van der Waals surface area contributed by atoms with Gasteiger partial charge >= 0.3 is 0 Å². The molecule has 194 valence electrons. The van der Waals surface area contributed by atoms with Gasteiger partial charge in [0.1, 0.15) is 18.2 Å². The van der Waals surface area contributed by atoms with E-state index in [2.05, 4.69) is 4.90 Å². The van der Waals surface area contributed by atoms with Crippen molar-refractivity contribution in [2.75, 3.05) is 24.6 Å². The molecular formula is C28H37ClN4O3. The smallest absolute Gasteiger partial charge is 0.163 e. The molecule has 1 aliphatic heterocycles. The molecule has 1 saturated carbocycles. The van der Waals surface area contributed by atoms with Gasteiger partial charge in [0.2, 0.25) is 0 Å². The molecule has 1 saturated heterocycles. The molecule has 8 heteroatoms. The lowest BCUT2D eigenvalue weighted by Crippen LogP contribution is -2.64. The first-order valence-electron chi connectivity index (χ1n) is 12.7. The molecule has 0 unspecified atom stereocenters. The Balaban J connectivity index is 1.75. The predicted molar refractivity (Wildman–Crippen MR) is 145 cm³/mol. The van der Waals surface area contributed by atoms with Gasteiger partial charge in [-0.15, -0.1) is 0 Å². The van der Waals surface area contributed by atoms with Crippen LogP contribution in [-0.4, -0.2) is 57.8 Å². The van der Waals surface area contributed by atoms with E-state index in [4.69, 9.17) is 31.7 Å². The molecule has 2 fully saturated rings. The fourth-order valence-corrected chi connectivity index (χ4v) is 5.65. The summed E-state index contributed by atoms with van der Waals surface area (Å²) in [4.78, 5) is 12.1. The first kappa shape index (κ1) is 26.6. The lowest BCUT2D eigenvalue weighted by Gasteiger charge is -2.58. The third-order valence-electron chi connectivity index (χ3n) is 7.16. The van der Waals surface area contributed by atoms with Crippen LogP contribution in [0.15, 0.2) is 23.8 Å². The molecule has 1 aliphatic carbocycles. The second-order valence-corrected chi connectivity index (χ2v) is 11.1. The zero-order chi connectivity index (χ0) is 26.2. The van der Waals surface area contributed by atoms with Crippen molar-refractivity contribution in [2.45, 2.75) is 72.5 Å². The molecule has 36 heavy (non-hydrogen) atoms. The minimum atomic E-state index is -0.525. The first-order chi connectivity index (χ1) is 17.0. The molecule has 1 spiro atoms. The Bertz CT molecular complexity index is 1180. The highest BCUT2D eigenvalue weighted by Gasteiger charge is 2.52. The number of aliphatic hydroxyl groups excluding tert-OH is 2. The molecule has 0 bridgehead atoms. The summed E-state index contributed by atoms with van der Waals surface area (Å²) in [6, 6.07) is 5.36. The van der Waals surface area contributed by atoms with Gasteiger partial charge in [0, 0.05) is 40.9 Å². The highest BCUT2D eigenvalue weighted by Crippen LogP contribution is 2.50. The van der Waals surface area contributed by atoms with E-state index >= 15 is 0 Å². The van der Waals surface area contributed by atoms with Crippen molar-refractivity contribution in [3.05, 3.63) is 40.1 Å². The van der Waals surface area contributed by atoms with Gasteiger partial charge < -0.3 is 25.3 Å². The monoisotopic (exact) mass is 512 g/mol. The number of aromatic nitrogens is 2. The van der Waals surface area contributed by atoms with Gasteiger partial charge in [0.05, 0.1) is 22.9 Å². The Hall–Kier alpha value is -2.48. The predicted octanol–water partition coefficient (Wildman–Crippen LogP) is 5.44. The zero-order valence-corrected chi connectivity index (χ0v) is 22.6. The topological polar surface area (TPSA) is 103 Å². The number of allylic oxidation sites excluding steroid dienone is 2. The van der Waals surface area contributed by atoms with Gasteiger partial charge in [-0.2, -0.15) is 0 Å². The Morgan fingerprint density at radius 3 is 2.53 bits per heavy atom. The summed E-state index contributed by atoms with van der Waals surface area (Å²) in [5.41, 5.74) is 4.75. The number of rotatable bonds is 9. The average molecular weight is 513 g/mol. The number of ether oxygens (including phenoxy) is 1. The summed E-state index contributed by atoms with van der Waals surface area (Å²) in [6.45, 7) is 11.7. The number of halogens is 1.